The van der Waals surface area contributed by atoms with Crippen molar-refractivity contribution in [1.29, 1.82) is 0 Å². The molecule has 5 rings (SSSR count). The first-order chi connectivity index (χ1) is 12.2. The van der Waals surface area contributed by atoms with Crippen LogP contribution in [-0.2, 0) is 10.3 Å². The molecule has 1 N–H and O–H groups in total. The highest BCUT2D eigenvalue weighted by Crippen LogP contribution is 2.53. The molecule has 1 spiro atoms. The van der Waals surface area contributed by atoms with Crippen molar-refractivity contribution in [1.82, 2.24) is 5.43 Å². The van der Waals surface area contributed by atoms with E-state index in [4.69, 9.17) is 0 Å². The fourth-order valence-electron chi connectivity index (χ4n) is 4.33. The number of carbonyl (C=O) groups excluding carboxylic acids is 1. The van der Waals surface area contributed by atoms with Gasteiger partial charge in [-0.3, -0.25) is 4.79 Å². The van der Waals surface area contributed by atoms with Crippen LogP contribution in [0.1, 0.15) is 18.1 Å². The minimum absolute atomic E-state index is 0.0951. The summed E-state index contributed by atoms with van der Waals surface area (Å²) in [6.45, 7) is 2.02. The summed E-state index contributed by atoms with van der Waals surface area (Å²) < 4.78 is 0. The topological polar surface area (TPSA) is 32.3 Å². The number of benzene rings is 3. The summed E-state index contributed by atoms with van der Waals surface area (Å²) in [6.07, 6.45) is 0. The molecule has 0 aromatic heterocycles. The van der Waals surface area contributed by atoms with Gasteiger partial charge in [-0.1, -0.05) is 73.7 Å². The molecule has 1 aliphatic carbocycles. The molecule has 122 valence electrons. The van der Waals surface area contributed by atoms with Gasteiger partial charge in [0.2, 0.25) is 5.91 Å². The lowest BCUT2D eigenvalue weighted by Crippen LogP contribution is -2.45. The minimum atomic E-state index is -0.514. The zero-order chi connectivity index (χ0) is 17.0. The number of nitrogens with zero attached hydrogens (tertiary/aromatic N) is 1. The Bertz CT molecular complexity index is 935. The first kappa shape index (κ1) is 14.4. The number of para-hydroxylation sites is 1. The first-order valence-electron chi connectivity index (χ1n) is 8.60. The molecule has 1 saturated heterocycles. The highest BCUT2D eigenvalue weighted by atomic mass is 16.2. The number of anilines is 1. The third-order valence-electron chi connectivity index (χ3n) is 5.54. The molecule has 3 aromatic carbocycles. The Morgan fingerprint density at radius 1 is 0.800 bits per heavy atom. The maximum absolute atomic E-state index is 13.1. The highest BCUT2D eigenvalue weighted by molar-refractivity contribution is 6.00. The Hall–Kier alpha value is -2.91. The number of hydrogen-bond donors (Lipinski definition) is 1. The Kier molecular flexibility index (Phi) is 2.91. The van der Waals surface area contributed by atoms with E-state index in [0.717, 1.165) is 5.69 Å². The van der Waals surface area contributed by atoms with Gasteiger partial charge in [0, 0.05) is 0 Å². The van der Waals surface area contributed by atoms with Gasteiger partial charge in [0.1, 0.15) is 5.54 Å². The van der Waals surface area contributed by atoms with Gasteiger partial charge in [-0.15, -0.1) is 0 Å². The van der Waals surface area contributed by atoms with Crippen LogP contribution in [0.2, 0.25) is 0 Å². The molecule has 3 nitrogen and oxygen atoms in total. The van der Waals surface area contributed by atoms with Gasteiger partial charge in [0.15, 0.2) is 0 Å². The lowest BCUT2D eigenvalue weighted by atomic mass is 9.78. The van der Waals surface area contributed by atoms with E-state index < -0.39 is 5.54 Å². The van der Waals surface area contributed by atoms with E-state index in [-0.39, 0.29) is 11.8 Å². The van der Waals surface area contributed by atoms with Crippen molar-refractivity contribution in [3.63, 3.8) is 0 Å². The molecule has 0 bridgehead atoms. The summed E-state index contributed by atoms with van der Waals surface area (Å²) in [5.74, 6) is -0.102. The van der Waals surface area contributed by atoms with E-state index in [1.54, 1.807) is 5.01 Å². The predicted molar refractivity (Wildman–Crippen MR) is 98.9 cm³/mol. The molecular formula is C22H18N2O. The summed E-state index contributed by atoms with van der Waals surface area (Å²) in [4.78, 5) is 13.1. The third kappa shape index (κ3) is 1.76. The van der Waals surface area contributed by atoms with Crippen LogP contribution in [-0.4, -0.2) is 5.91 Å². The van der Waals surface area contributed by atoms with Crippen LogP contribution >= 0.6 is 0 Å². The number of hydrazine groups is 1. The van der Waals surface area contributed by atoms with E-state index in [9.17, 15) is 4.79 Å². The number of carbonyl (C=O) groups is 1. The summed E-state index contributed by atoms with van der Waals surface area (Å²) in [5, 5.41) is 1.71. The molecule has 3 heteroatoms. The van der Waals surface area contributed by atoms with E-state index in [0.29, 0.717) is 0 Å². The van der Waals surface area contributed by atoms with Crippen molar-refractivity contribution in [3.8, 4) is 11.1 Å². The number of nitrogens with one attached hydrogen (secondary N) is 1. The second-order valence-corrected chi connectivity index (χ2v) is 6.74. The summed E-state index contributed by atoms with van der Waals surface area (Å²) in [7, 11) is 0. The van der Waals surface area contributed by atoms with Crippen molar-refractivity contribution in [2.45, 2.75) is 12.5 Å². The van der Waals surface area contributed by atoms with Gasteiger partial charge in [-0.2, -0.15) is 0 Å². The lowest BCUT2D eigenvalue weighted by Gasteiger charge is -2.30. The maximum atomic E-state index is 13.1. The molecule has 1 unspecified atom stereocenters. The molecule has 0 radical (unpaired) electrons. The summed E-state index contributed by atoms with van der Waals surface area (Å²) in [5.41, 5.74) is 8.71. The van der Waals surface area contributed by atoms with E-state index >= 15 is 0 Å². The van der Waals surface area contributed by atoms with Crippen molar-refractivity contribution < 1.29 is 4.79 Å². The normalized spacial score (nSPS) is 20.0. The van der Waals surface area contributed by atoms with Gasteiger partial charge in [-0.05, 0) is 34.4 Å². The minimum Gasteiger partial charge on any atom is -0.273 e. The zero-order valence-electron chi connectivity index (χ0n) is 13.9. The standard InChI is InChI=1S/C22H18N2O/c1-15-21(25)24(16-9-3-2-4-10-16)23-22(15)19-13-7-5-11-17(19)18-12-6-8-14-20(18)22/h2-15,23H,1H3. The molecule has 2 aliphatic rings. The van der Waals surface area contributed by atoms with Crippen molar-refractivity contribution >= 4 is 11.6 Å². The average Bonchev–Trinajstić information content (AvgIpc) is 3.11. The summed E-state index contributed by atoms with van der Waals surface area (Å²) >= 11 is 0. The zero-order valence-corrected chi connectivity index (χ0v) is 13.9. The van der Waals surface area contributed by atoms with Crippen molar-refractivity contribution in [2.24, 2.45) is 5.92 Å². The Balaban J connectivity index is 1.75. The molecule has 1 atom stereocenters. The quantitative estimate of drug-likeness (QED) is 0.730. The number of amides is 1. The molecule has 1 aliphatic heterocycles. The van der Waals surface area contributed by atoms with Crippen LogP contribution in [0, 0.1) is 5.92 Å². The van der Waals surface area contributed by atoms with Gasteiger partial charge >= 0.3 is 0 Å². The smallest absolute Gasteiger partial charge is 0.246 e. The van der Waals surface area contributed by atoms with Crippen LogP contribution in [0.25, 0.3) is 11.1 Å². The van der Waals surface area contributed by atoms with Gasteiger partial charge in [0.25, 0.3) is 0 Å². The van der Waals surface area contributed by atoms with Crippen LogP contribution in [0.4, 0.5) is 5.69 Å². The van der Waals surface area contributed by atoms with Gasteiger partial charge in [0.05, 0.1) is 11.6 Å². The number of hydrogen-bond acceptors (Lipinski definition) is 2. The fourth-order valence-corrected chi connectivity index (χ4v) is 4.33. The summed E-state index contributed by atoms with van der Waals surface area (Å²) in [6, 6.07) is 26.6. The van der Waals surface area contributed by atoms with E-state index in [2.05, 4.69) is 54.0 Å². The highest BCUT2D eigenvalue weighted by Gasteiger charge is 2.56. The molecule has 1 amide bonds. The van der Waals surface area contributed by atoms with Crippen LogP contribution in [0.5, 0.6) is 0 Å². The monoisotopic (exact) mass is 326 g/mol. The largest absolute Gasteiger partial charge is 0.273 e. The molecule has 3 aromatic rings. The SMILES string of the molecule is CC1C(=O)N(c2ccccc2)NC12c1ccccc1-c1ccccc12. The average molecular weight is 326 g/mol. The number of rotatable bonds is 1. The lowest BCUT2D eigenvalue weighted by molar-refractivity contribution is -0.120. The Morgan fingerprint density at radius 3 is 1.92 bits per heavy atom. The number of fused-ring (bicyclic) bond motifs is 5. The van der Waals surface area contributed by atoms with Gasteiger partial charge < -0.3 is 0 Å². The van der Waals surface area contributed by atoms with E-state index in [1.165, 1.54) is 22.3 Å². The second-order valence-electron chi connectivity index (χ2n) is 6.74. The molecule has 25 heavy (non-hydrogen) atoms. The maximum Gasteiger partial charge on any atom is 0.246 e. The molecule has 1 heterocycles. The van der Waals surface area contributed by atoms with Crippen molar-refractivity contribution in [3.05, 3.63) is 90.0 Å². The third-order valence-corrected chi connectivity index (χ3v) is 5.54. The van der Waals surface area contributed by atoms with E-state index in [1.807, 2.05) is 37.3 Å². The van der Waals surface area contributed by atoms with Crippen molar-refractivity contribution in [2.75, 3.05) is 5.01 Å². The Labute approximate surface area is 146 Å². The first-order valence-corrected chi connectivity index (χ1v) is 8.60. The fraction of sp³-hybridized carbons (Fsp3) is 0.136. The molecule has 0 saturated carbocycles. The second kappa shape index (κ2) is 5.04. The van der Waals surface area contributed by atoms with Gasteiger partial charge in [-0.25, -0.2) is 10.4 Å². The van der Waals surface area contributed by atoms with Crippen LogP contribution in [0.15, 0.2) is 78.9 Å². The van der Waals surface area contributed by atoms with Crippen LogP contribution < -0.4 is 10.4 Å². The predicted octanol–water partition coefficient (Wildman–Crippen LogP) is 4.10. The van der Waals surface area contributed by atoms with Crippen LogP contribution in [0.3, 0.4) is 0 Å². The molecular weight excluding hydrogens is 308 g/mol. The molecule has 1 fully saturated rings. The Morgan fingerprint density at radius 2 is 1.32 bits per heavy atom.